The molecule has 1 aliphatic carbocycles. The standard InChI is InChI=1S/C13H18IN/c1-10-8-12(14)6-7-13(10)15-9-11-4-2-3-5-11/h6-8,11,15H,2-5,9H2,1H3. The first-order chi connectivity index (χ1) is 7.25. The van der Waals surface area contributed by atoms with Crippen LogP contribution in [-0.4, -0.2) is 6.54 Å². The Bertz CT molecular complexity index is 329. The lowest BCUT2D eigenvalue weighted by Gasteiger charge is -2.13. The number of rotatable bonds is 3. The van der Waals surface area contributed by atoms with Crippen molar-refractivity contribution < 1.29 is 0 Å². The predicted molar refractivity (Wildman–Crippen MR) is 74.3 cm³/mol. The van der Waals surface area contributed by atoms with Gasteiger partial charge in [0, 0.05) is 15.8 Å². The van der Waals surface area contributed by atoms with Crippen LogP contribution in [0, 0.1) is 16.4 Å². The van der Waals surface area contributed by atoms with Crippen LogP contribution in [0.1, 0.15) is 31.2 Å². The summed E-state index contributed by atoms with van der Waals surface area (Å²) in [6.07, 6.45) is 5.68. The van der Waals surface area contributed by atoms with E-state index in [1.165, 1.54) is 40.5 Å². The summed E-state index contributed by atoms with van der Waals surface area (Å²) in [6.45, 7) is 3.33. The topological polar surface area (TPSA) is 12.0 Å². The molecule has 0 radical (unpaired) electrons. The molecule has 1 aromatic rings. The second-order valence-corrected chi connectivity index (χ2v) is 5.74. The molecule has 1 saturated carbocycles. The summed E-state index contributed by atoms with van der Waals surface area (Å²) in [5.41, 5.74) is 2.67. The minimum absolute atomic E-state index is 0.906. The van der Waals surface area contributed by atoms with Crippen LogP contribution in [0.3, 0.4) is 0 Å². The van der Waals surface area contributed by atoms with Crippen molar-refractivity contribution in [2.24, 2.45) is 5.92 Å². The number of nitrogens with one attached hydrogen (secondary N) is 1. The summed E-state index contributed by atoms with van der Waals surface area (Å²) in [5, 5.41) is 3.58. The number of halogens is 1. The first-order valence-corrected chi connectivity index (χ1v) is 6.83. The van der Waals surface area contributed by atoms with Gasteiger partial charge in [0.05, 0.1) is 0 Å². The molecule has 0 saturated heterocycles. The third-order valence-corrected chi connectivity index (χ3v) is 3.92. The van der Waals surface area contributed by atoms with Crippen molar-refractivity contribution in [3.05, 3.63) is 27.3 Å². The summed E-state index contributed by atoms with van der Waals surface area (Å²) in [7, 11) is 0. The van der Waals surface area contributed by atoms with Crippen LogP contribution in [0.4, 0.5) is 5.69 Å². The minimum Gasteiger partial charge on any atom is -0.385 e. The van der Waals surface area contributed by atoms with E-state index in [1.807, 2.05) is 0 Å². The van der Waals surface area contributed by atoms with Gasteiger partial charge >= 0.3 is 0 Å². The molecule has 0 unspecified atom stereocenters. The quantitative estimate of drug-likeness (QED) is 0.824. The minimum atomic E-state index is 0.906. The average molecular weight is 315 g/mol. The van der Waals surface area contributed by atoms with Gasteiger partial charge in [-0.3, -0.25) is 0 Å². The number of benzene rings is 1. The Morgan fingerprint density at radius 2 is 2.07 bits per heavy atom. The fourth-order valence-corrected chi connectivity index (χ4v) is 2.94. The largest absolute Gasteiger partial charge is 0.385 e. The second kappa shape index (κ2) is 5.19. The Kier molecular flexibility index (Phi) is 3.89. The Morgan fingerprint density at radius 1 is 1.33 bits per heavy atom. The normalized spacial score (nSPS) is 16.9. The van der Waals surface area contributed by atoms with Gasteiger partial charge in [-0.2, -0.15) is 0 Å². The third-order valence-electron chi connectivity index (χ3n) is 3.24. The molecule has 0 spiro atoms. The summed E-state index contributed by atoms with van der Waals surface area (Å²) < 4.78 is 1.32. The van der Waals surface area contributed by atoms with Gasteiger partial charge in [-0.05, 0) is 72.0 Å². The van der Waals surface area contributed by atoms with Gasteiger partial charge in [0.15, 0.2) is 0 Å². The monoisotopic (exact) mass is 315 g/mol. The molecule has 0 atom stereocenters. The summed E-state index contributed by atoms with van der Waals surface area (Å²) >= 11 is 2.36. The van der Waals surface area contributed by atoms with E-state index in [1.54, 1.807) is 0 Å². The maximum absolute atomic E-state index is 3.58. The van der Waals surface area contributed by atoms with E-state index in [2.05, 4.69) is 53.0 Å². The van der Waals surface area contributed by atoms with Crippen LogP contribution in [-0.2, 0) is 0 Å². The van der Waals surface area contributed by atoms with Crippen molar-refractivity contribution in [1.82, 2.24) is 0 Å². The Labute approximate surface area is 106 Å². The molecule has 1 N–H and O–H groups in total. The van der Waals surface area contributed by atoms with E-state index in [-0.39, 0.29) is 0 Å². The number of aryl methyl sites for hydroxylation is 1. The molecule has 1 aromatic carbocycles. The molecule has 1 nitrogen and oxygen atoms in total. The molecule has 0 aromatic heterocycles. The molecule has 0 amide bonds. The molecule has 2 rings (SSSR count). The van der Waals surface area contributed by atoms with Crippen LogP contribution in [0.2, 0.25) is 0 Å². The van der Waals surface area contributed by atoms with E-state index in [9.17, 15) is 0 Å². The summed E-state index contributed by atoms with van der Waals surface area (Å²) in [4.78, 5) is 0. The zero-order chi connectivity index (χ0) is 10.7. The van der Waals surface area contributed by atoms with Crippen LogP contribution in [0.5, 0.6) is 0 Å². The van der Waals surface area contributed by atoms with Crippen molar-refractivity contribution in [2.75, 3.05) is 11.9 Å². The van der Waals surface area contributed by atoms with Crippen LogP contribution in [0.15, 0.2) is 18.2 Å². The second-order valence-electron chi connectivity index (χ2n) is 4.49. The highest BCUT2D eigenvalue weighted by Gasteiger charge is 2.14. The smallest absolute Gasteiger partial charge is 0.0370 e. The fourth-order valence-electron chi connectivity index (χ4n) is 2.29. The Morgan fingerprint density at radius 3 is 2.73 bits per heavy atom. The first-order valence-electron chi connectivity index (χ1n) is 5.76. The lowest BCUT2D eigenvalue weighted by molar-refractivity contribution is 0.580. The van der Waals surface area contributed by atoms with Gasteiger partial charge in [-0.15, -0.1) is 0 Å². The van der Waals surface area contributed by atoms with E-state index >= 15 is 0 Å². The predicted octanol–water partition coefficient (Wildman–Crippen LogP) is 4.20. The van der Waals surface area contributed by atoms with Gasteiger partial charge in [-0.1, -0.05) is 12.8 Å². The molecular formula is C13H18IN. The van der Waals surface area contributed by atoms with Crippen molar-refractivity contribution in [1.29, 1.82) is 0 Å². The molecule has 1 fully saturated rings. The van der Waals surface area contributed by atoms with Crippen LogP contribution in [0.25, 0.3) is 0 Å². The van der Waals surface area contributed by atoms with Crippen molar-refractivity contribution in [3.63, 3.8) is 0 Å². The van der Waals surface area contributed by atoms with Gasteiger partial charge in [0.2, 0.25) is 0 Å². The molecule has 1 aliphatic rings. The van der Waals surface area contributed by atoms with Crippen molar-refractivity contribution in [3.8, 4) is 0 Å². The van der Waals surface area contributed by atoms with Gasteiger partial charge in [0.25, 0.3) is 0 Å². The highest BCUT2D eigenvalue weighted by Crippen LogP contribution is 2.25. The van der Waals surface area contributed by atoms with Crippen molar-refractivity contribution >= 4 is 28.3 Å². The molecular weight excluding hydrogens is 297 g/mol. The molecule has 15 heavy (non-hydrogen) atoms. The number of hydrogen-bond acceptors (Lipinski definition) is 1. The molecule has 0 bridgehead atoms. The van der Waals surface area contributed by atoms with Crippen LogP contribution >= 0.6 is 22.6 Å². The van der Waals surface area contributed by atoms with Crippen molar-refractivity contribution in [2.45, 2.75) is 32.6 Å². The van der Waals surface area contributed by atoms with E-state index in [0.29, 0.717) is 0 Å². The maximum Gasteiger partial charge on any atom is 0.0370 e. The van der Waals surface area contributed by atoms with Gasteiger partial charge in [-0.25, -0.2) is 0 Å². The SMILES string of the molecule is Cc1cc(I)ccc1NCC1CCCC1. The highest BCUT2D eigenvalue weighted by atomic mass is 127. The third kappa shape index (κ3) is 3.10. The Balaban J connectivity index is 1.92. The molecule has 2 heteroatoms. The summed E-state index contributed by atoms with van der Waals surface area (Å²) in [6, 6.07) is 6.61. The number of anilines is 1. The fraction of sp³-hybridized carbons (Fsp3) is 0.538. The zero-order valence-corrected chi connectivity index (χ0v) is 11.4. The highest BCUT2D eigenvalue weighted by molar-refractivity contribution is 14.1. The molecule has 82 valence electrons. The first kappa shape index (κ1) is 11.2. The molecule has 0 aliphatic heterocycles. The van der Waals surface area contributed by atoms with Gasteiger partial charge in [0.1, 0.15) is 0 Å². The maximum atomic E-state index is 3.58. The average Bonchev–Trinajstić information content (AvgIpc) is 2.69. The van der Waals surface area contributed by atoms with Gasteiger partial charge < -0.3 is 5.32 Å². The Hall–Kier alpha value is -0.250. The van der Waals surface area contributed by atoms with E-state index in [0.717, 1.165) is 12.5 Å². The van der Waals surface area contributed by atoms with Crippen LogP contribution < -0.4 is 5.32 Å². The lowest BCUT2D eigenvalue weighted by Crippen LogP contribution is -2.11. The van der Waals surface area contributed by atoms with E-state index in [4.69, 9.17) is 0 Å². The molecule has 0 heterocycles. The van der Waals surface area contributed by atoms with E-state index < -0.39 is 0 Å². The summed E-state index contributed by atoms with van der Waals surface area (Å²) in [5.74, 6) is 0.906. The lowest BCUT2D eigenvalue weighted by atomic mass is 10.1. The zero-order valence-electron chi connectivity index (χ0n) is 9.22. The number of hydrogen-bond donors (Lipinski definition) is 1.